The summed E-state index contributed by atoms with van der Waals surface area (Å²) >= 11 is 0. The standard InChI is InChI=1S/C5H5.2C3H4O3.Y/c1-2-4-5-3-1;2*1-2(4)3(5)6;/h1-3H,4H2;2*4H,1H2,(H,5,6);/q-1;;;. The predicted octanol–water partition coefficient (Wildman–Crippen LogP) is 1.59. The van der Waals surface area contributed by atoms with Crippen molar-refractivity contribution in [2.75, 3.05) is 0 Å². The van der Waals surface area contributed by atoms with Crippen LogP contribution >= 0.6 is 0 Å². The molecular formula is C11H13O6Y-. The molecule has 0 aromatic rings. The summed E-state index contributed by atoms with van der Waals surface area (Å²) in [6, 6.07) is 0. The molecule has 7 heteroatoms. The number of aliphatic carboxylic acids is 2. The third-order valence-electron chi connectivity index (χ3n) is 1.08. The largest absolute Gasteiger partial charge is 0.502 e. The SMILES string of the molecule is C=C(O)C(=O)O.C=C(O)C(=O)O.[C-]1=CC=CC1.[Y]. The fourth-order valence-electron chi connectivity index (χ4n) is 0.340. The van der Waals surface area contributed by atoms with Gasteiger partial charge in [-0.15, -0.1) is 6.42 Å². The summed E-state index contributed by atoms with van der Waals surface area (Å²) < 4.78 is 0. The molecule has 1 radical (unpaired) electrons. The summed E-state index contributed by atoms with van der Waals surface area (Å²) in [4.78, 5) is 18.7. The summed E-state index contributed by atoms with van der Waals surface area (Å²) in [5, 5.41) is 31.0. The van der Waals surface area contributed by atoms with E-state index >= 15 is 0 Å². The molecule has 0 amide bonds. The van der Waals surface area contributed by atoms with E-state index in [1.807, 2.05) is 12.2 Å². The summed E-state index contributed by atoms with van der Waals surface area (Å²) in [6.45, 7) is 5.42. The van der Waals surface area contributed by atoms with Crippen LogP contribution in [0.1, 0.15) is 6.42 Å². The van der Waals surface area contributed by atoms with E-state index in [1.54, 1.807) is 0 Å². The fraction of sp³-hybridized carbons (Fsp3) is 0.0909. The van der Waals surface area contributed by atoms with Crippen molar-refractivity contribution in [3.05, 3.63) is 49.0 Å². The van der Waals surface area contributed by atoms with Crippen LogP contribution in [0.5, 0.6) is 0 Å². The van der Waals surface area contributed by atoms with Gasteiger partial charge in [-0.2, -0.15) is 6.08 Å². The Morgan fingerprint density at radius 1 is 1.00 bits per heavy atom. The Bertz CT molecular complexity index is 299. The first-order valence-electron chi connectivity index (χ1n) is 4.23. The molecule has 0 aromatic heterocycles. The van der Waals surface area contributed by atoms with Crippen molar-refractivity contribution in [2.24, 2.45) is 0 Å². The average Bonchev–Trinajstić information content (AvgIpc) is 2.75. The Morgan fingerprint density at radius 2 is 1.33 bits per heavy atom. The predicted molar refractivity (Wildman–Crippen MR) is 60.4 cm³/mol. The van der Waals surface area contributed by atoms with E-state index in [2.05, 4.69) is 25.3 Å². The van der Waals surface area contributed by atoms with Crippen LogP contribution in [0.15, 0.2) is 42.9 Å². The van der Waals surface area contributed by atoms with E-state index in [1.165, 1.54) is 0 Å². The molecule has 0 spiro atoms. The second-order valence-corrected chi connectivity index (χ2v) is 2.51. The van der Waals surface area contributed by atoms with Gasteiger partial charge in [0.25, 0.3) is 0 Å². The molecule has 1 aliphatic carbocycles. The molecule has 0 saturated heterocycles. The third-order valence-corrected chi connectivity index (χ3v) is 1.08. The zero-order valence-electron chi connectivity index (χ0n) is 9.54. The van der Waals surface area contributed by atoms with Gasteiger partial charge in [-0.1, -0.05) is 0 Å². The second kappa shape index (κ2) is 13.7. The molecule has 18 heavy (non-hydrogen) atoms. The molecule has 0 unspecified atom stereocenters. The van der Waals surface area contributed by atoms with Crippen molar-refractivity contribution in [3.8, 4) is 0 Å². The molecule has 0 aliphatic heterocycles. The van der Waals surface area contributed by atoms with E-state index in [0.29, 0.717) is 0 Å². The number of carbonyl (C=O) groups is 2. The van der Waals surface area contributed by atoms with Crippen LogP contribution in [0.3, 0.4) is 0 Å². The summed E-state index contributed by atoms with van der Waals surface area (Å²) in [5.41, 5.74) is 0. The van der Waals surface area contributed by atoms with Crippen molar-refractivity contribution in [1.29, 1.82) is 0 Å². The topological polar surface area (TPSA) is 115 Å². The van der Waals surface area contributed by atoms with Crippen molar-refractivity contribution < 1.29 is 62.7 Å². The van der Waals surface area contributed by atoms with Crippen LogP contribution in [0.2, 0.25) is 0 Å². The number of aliphatic hydroxyl groups is 2. The van der Waals surface area contributed by atoms with Gasteiger partial charge in [-0.3, -0.25) is 6.08 Å². The van der Waals surface area contributed by atoms with Crippen LogP contribution in [-0.4, -0.2) is 32.4 Å². The molecule has 0 saturated carbocycles. The molecular weight excluding hydrogens is 317 g/mol. The first-order valence-corrected chi connectivity index (χ1v) is 4.23. The normalized spacial score (nSPS) is 9.78. The van der Waals surface area contributed by atoms with E-state index in [4.69, 9.17) is 20.4 Å². The van der Waals surface area contributed by atoms with E-state index in [0.717, 1.165) is 6.42 Å². The molecule has 0 atom stereocenters. The number of aliphatic hydroxyl groups excluding tert-OH is 2. The average molecular weight is 330 g/mol. The van der Waals surface area contributed by atoms with Crippen LogP contribution in [0.25, 0.3) is 0 Å². The van der Waals surface area contributed by atoms with Gasteiger partial charge in [0, 0.05) is 32.7 Å². The molecule has 1 aliphatic rings. The zero-order valence-corrected chi connectivity index (χ0v) is 12.4. The first-order chi connectivity index (χ1) is 7.79. The van der Waals surface area contributed by atoms with Crippen LogP contribution in [0.4, 0.5) is 0 Å². The van der Waals surface area contributed by atoms with Crippen molar-refractivity contribution in [2.45, 2.75) is 6.42 Å². The smallest absolute Gasteiger partial charge is 0.370 e. The molecule has 0 heterocycles. The Labute approximate surface area is 130 Å². The van der Waals surface area contributed by atoms with Gasteiger partial charge in [-0.05, 0) is 13.2 Å². The molecule has 0 bridgehead atoms. The molecule has 6 nitrogen and oxygen atoms in total. The fourth-order valence-corrected chi connectivity index (χ4v) is 0.340. The maximum atomic E-state index is 9.35. The Hall–Kier alpha value is -1.40. The molecule has 0 fully saturated rings. The van der Waals surface area contributed by atoms with Gasteiger partial charge in [0.05, 0.1) is 0 Å². The molecule has 4 N–H and O–H groups in total. The van der Waals surface area contributed by atoms with E-state index in [9.17, 15) is 9.59 Å². The summed E-state index contributed by atoms with van der Waals surface area (Å²) in [5.74, 6) is -4.41. The van der Waals surface area contributed by atoms with Gasteiger partial charge in [-0.25, -0.2) is 21.7 Å². The van der Waals surface area contributed by atoms with Gasteiger partial charge in [0.1, 0.15) is 0 Å². The molecule has 97 valence electrons. The second-order valence-electron chi connectivity index (χ2n) is 2.51. The number of carboxylic acids is 2. The van der Waals surface area contributed by atoms with Crippen LogP contribution in [0, 0.1) is 6.08 Å². The Morgan fingerprint density at radius 3 is 1.39 bits per heavy atom. The van der Waals surface area contributed by atoms with Gasteiger partial charge >= 0.3 is 11.9 Å². The van der Waals surface area contributed by atoms with Crippen molar-refractivity contribution in [3.63, 3.8) is 0 Å². The number of carboxylic acid groups (broad SMARTS) is 2. The van der Waals surface area contributed by atoms with Crippen molar-refractivity contribution >= 4 is 11.9 Å². The monoisotopic (exact) mass is 330 g/mol. The Balaban J connectivity index is -0.000000183. The van der Waals surface area contributed by atoms with E-state index in [-0.39, 0.29) is 32.7 Å². The zero-order chi connectivity index (χ0) is 13.8. The summed E-state index contributed by atoms with van der Waals surface area (Å²) in [6.07, 6.45) is 10.0. The molecule has 0 aromatic carbocycles. The number of hydrogen-bond acceptors (Lipinski definition) is 4. The van der Waals surface area contributed by atoms with Crippen molar-refractivity contribution in [1.82, 2.24) is 0 Å². The minimum atomic E-state index is -1.38. The maximum Gasteiger partial charge on any atom is 0.370 e. The van der Waals surface area contributed by atoms with Crippen LogP contribution in [-0.2, 0) is 42.3 Å². The maximum absolute atomic E-state index is 9.35. The van der Waals surface area contributed by atoms with E-state index < -0.39 is 23.5 Å². The summed E-state index contributed by atoms with van der Waals surface area (Å²) in [7, 11) is 0. The van der Waals surface area contributed by atoms with Gasteiger partial charge < -0.3 is 20.4 Å². The first kappa shape index (κ1) is 21.8. The van der Waals surface area contributed by atoms with Gasteiger partial charge in [0.15, 0.2) is 11.5 Å². The minimum Gasteiger partial charge on any atom is -0.502 e. The number of rotatable bonds is 2. The quantitative estimate of drug-likeness (QED) is 0.347. The number of hydrogen-bond donors (Lipinski definition) is 4. The minimum absolute atomic E-state index is 0. The Kier molecular flexibility index (Phi) is 16.6. The molecule has 1 rings (SSSR count). The van der Waals surface area contributed by atoms with Gasteiger partial charge in [0.2, 0.25) is 0 Å². The number of allylic oxidation sites excluding steroid dienone is 4. The van der Waals surface area contributed by atoms with Crippen LogP contribution < -0.4 is 0 Å². The third kappa shape index (κ3) is 20.1.